The number of ketones is 1. The molecule has 1 heterocycles. The molecule has 4 nitrogen and oxygen atoms in total. The Bertz CT molecular complexity index is 875. The van der Waals surface area contributed by atoms with Gasteiger partial charge in [-0.25, -0.2) is 13.4 Å². The number of Topliss-reactive ketones (excluding diaryl/α,β-unsaturated/α-hetero) is 1. The van der Waals surface area contributed by atoms with Crippen LogP contribution in [-0.4, -0.2) is 23.9 Å². The highest BCUT2D eigenvalue weighted by atomic mass is 35.5. The van der Waals surface area contributed by atoms with Crippen LogP contribution in [0.4, 0.5) is 0 Å². The number of hydrogen-bond donors (Lipinski definition) is 0. The van der Waals surface area contributed by atoms with Gasteiger partial charge in [0.2, 0.25) is 0 Å². The van der Waals surface area contributed by atoms with Crippen LogP contribution in [0.2, 0.25) is 5.02 Å². The molecule has 0 N–H and O–H groups in total. The monoisotopic (exact) mass is 397 g/mol. The zero-order chi connectivity index (χ0) is 18.2. The number of rotatable bonds is 5. The van der Waals surface area contributed by atoms with Crippen molar-refractivity contribution < 1.29 is 13.2 Å². The predicted octanol–water partition coefficient (Wildman–Crippen LogP) is 4.04. The van der Waals surface area contributed by atoms with Gasteiger partial charge in [0, 0.05) is 9.90 Å². The fourth-order valence-electron chi connectivity index (χ4n) is 2.89. The van der Waals surface area contributed by atoms with Gasteiger partial charge in [0.05, 0.1) is 17.0 Å². The van der Waals surface area contributed by atoms with Gasteiger partial charge in [0.25, 0.3) is 0 Å². The standard InChI is InChI=1S/C18H20ClNO3S2/c1-18(2,25(22,23)13-9-7-12(19)8-10-13)16(21)11-17-20-14-5-3-4-6-15(14)24-17/h7-10H,3-6,11H2,1-2H3. The molecule has 0 saturated carbocycles. The Morgan fingerprint density at radius 1 is 1.20 bits per heavy atom. The molecule has 0 amide bonds. The average molecular weight is 398 g/mol. The topological polar surface area (TPSA) is 64.1 Å². The Labute approximate surface area is 157 Å². The summed E-state index contributed by atoms with van der Waals surface area (Å²) in [4.78, 5) is 18.7. The third-order valence-electron chi connectivity index (χ3n) is 4.67. The molecule has 1 aliphatic carbocycles. The Morgan fingerprint density at radius 3 is 2.48 bits per heavy atom. The summed E-state index contributed by atoms with van der Waals surface area (Å²) in [6.07, 6.45) is 4.29. The van der Waals surface area contributed by atoms with E-state index in [-0.39, 0.29) is 17.1 Å². The zero-order valence-corrected chi connectivity index (χ0v) is 16.6. The Balaban J connectivity index is 1.84. The van der Waals surface area contributed by atoms with Gasteiger partial charge in [-0.3, -0.25) is 4.79 Å². The van der Waals surface area contributed by atoms with Crippen molar-refractivity contribution in [3.8, 4) is 0 Å². The number of hydrogen-bond acceptors (Lipinski definition) is 5. The SMILES string of the molecule is CC(C)(C(=O)Cc1nc2c(s1)CCCC2)S(=O)(=O)c1ccc(Cl)cc1. The Morgan fingerprint density at radius 2 is 1.84 bits per heavy atom. The number of carbonyl (C=O) groups excluding carboxylic acids is 1. The number of benzene rings is 1. The van der Waals surface area contributed by atoms with Crippen LogP contribution < -0.4 is 0 Å². The van der Waals surface area contributed by atoms with Gasteiger partial charge < -0.3 is 0 Å². The Hall–Kier alpha value is -1.24. The van der Waals surface area contributed by atoms with E-state index in [1.807, 2.05) is 0 Å². The minimum absolute atomic E-state index is 0.0531. The molecule has 1 aromatic heterocycles. The molecule has 0 aliphatic heterocycles. The molecule has 0 fully saturated rings. The van der Waals surface area contributed by atoms with Crippen molar-refractivity contribution in [2.75, 3.05) is 0 Å². The number of sulfone groups is 1. The molecular weight excluding hydrogens is 378 g/mol. The lowest BCUT2D eigenvalue weighted by molar-refractivity contribution is -0.120. The van der Waals surface area contributed by atoms with E-state index in [9.17, 15) is 13.2 Å². The molecule has 1 aliphatic rings. The van der Waals surface area contributed by atoms with Crippen LogP contribution in [0, 0.1) is 0 Å². The van der Waals surface area contributed by atoms with E-state index >= 15 is 0 Å². The first-order valence-corrected chi connectivity index (χ1v) is 10.9. The molecule has 0 radical (unpaired) electrons. The van der Waals surface area contributed by atoms with E-state index in [1.54, 1.807) is 11.3 Å². The van der Waals surface area contributed by atoms with Crippen molar-refractivity contribution in [3.63, 3.8) is 0 Å². The molecule has 25 heavy (non-hydrogen) atoms. The zero-order valence-electron chi connectivity index (χ0n) is 14.2. The first kappa shape index (κ1) is 18.5. The number of thiazole rings is 1. The van der Waals surface area contributed by atoms with Crippen molar-refractivity contribution in [1.82, 2.24) is 4.98 Å². The summed E-state index contributed by atoms with van der Waals surface area (Å²) in [6, 6.07) is 5.91. The van der Waals surface area contributed by atoms with Gasteiger partial charge in [0.15, 0.2) is 15.6 Å². The maximum atomic E-state index is 12.9. The van der Waals surface area contributed by atoms with Gasteiger partial charge in [-0.05, 0) is 63.8 Å². The van der Waals surface area contributed by atoms with Gasteiger partial charge in [-0.2, -0.15) is 0 Å². The van der Waals surface area contributed by atoms with Crippen molar-refractivity contribution >= 4 is 38.6 Å². The lowest BCUT2D eigenvalue weighted by atomic mass is 10.0. The second-order valence-corrected chi connectivity index (χ2v) is 10.9. The third-order valence-corrected chi connectivity index (χ3v) is 8.54. The van der Waals surface area contributed by atoms with Crippen molar-refractivity contribution in [1.29, 1.82) is 0 Å². The highest BCUT2D eigenvalue weighted by molar-refractivity contribution is 7.93. The van der Waals surface area contributed by atoms with Crippen LogP contribution >= 0.6 is 22.9 Å². The van der Waals surface area contributed by atoms with Crippen LogP contribution in [0.1, 0.15) is 42.3 Å². The highest BCUT2D eigenvalue weighted by Gasteiger charge is 2.42. The summed E-state index contributed by atoms with van der Waals surface area (Å²) >= 11 is 7.37. The van der Waals surface area contributed by atoms with E-state index in [0.29, 0.717) is 5.02 Å². The largest absolute Gasteiger partial charge is 0.297 e. The van der Waals surface area contributed by atoms with Crippen LogP contribution in [0.25, 0.3) is 0 Å². The normalized spacial score (nSPS) is 15.0. The molecule has 1 aromatic carbocycles. The van der Waals surface area contributed by atoms with Gasteiger partial charge in [-0.1, -0.05) is 11.6 Å². The summed E-state index contributed by atoms with van der Waals surface area (Å²) in [5, 5.41) is 1.17. The molecule has 134 valence electrons. The third kappa shape index (κ3) is 3.52. The maximum Gasteiger partial charge on any atom is 0.190 e. The maximum absolute atomic E-state index is 12.9. The van der Waals surface area contributed by atoms with Crippen molar-refractivity contribution in [2.24, 2.45) is 0 Å². The molecule has 0 spiro atoms. The van der Waals surface area contributed by atoms with Crippen LogP contribution in [0.5, 0.6) is 0 Å². The molecule has 7 heteroatoms. The smallest absolute Gasteiger partial charge is 0.190 e. The summed E-state index contributed by atoms with van der Waals surface area (Å²) in [6.45, 7) is 2.93. The molecule has 3 rings (SSSR count). The molecule has 0 unspecified atom stereocenters. The van der Waals surface area contributed by atoms with Crippen LogP contribution in [0.15, 0.2) is 29.2 Å². The first-order chi connectivity index (χ1) is 11.7. The van der Waals surface area contributed by atoms with Crippen LogP contribution in [-0.2, 0) is 33.9 Å². The summed E-state index contributed by atoms with van der Waals surface area (Å²) in [5.41, 5.74) is 1.08. The fraction of sp³-hybridized carbons (Fsp3) is 0.444. The van der Waals surface area contributed by atoms with E-state index in [4.69, 9.17) is 11.6 Å². The molecule has 0 saturated heterocycles. The number of nitrogens with zero attached hydrogens (tertiary/aromatic N) is 1. The molecule has 0 atom stereocenters. The van der Waals surface area contributed by atoms with Gasteiger partial charge in [-0.15, -0.1) is 11.3 Å². The van der Waals surface area contributed by atoms with Crippen LogP contribution in [0.3, 0.4) is 0 Å². The minimum Gasteiger partial charge on any atom is -0.297 e. The van der Waals surface area contributed by atoms with E-state index in [0.717, 1.165) is 36.4 Å². The minimum atomic E-state index is -3.81. The number of fused-ring (bicyclic) bond motifs is 1. The summed E-state index contributed by atoms with van der Waals surface area (Å²) in [7, 11) is -3.81. The van der Waals surface area contributed by atoms with E-state index < -0.39 is 14.6 Å². The van der Waals surface area contributed by atoms with E-state index in [1.165, 1.54) is 43.0 Å². The fourth-order valence-corrected chi connectivity index (χ4v) is 5.63. The van der Waals surface area contributed by atoms with E-state index in [2.05, 4.69) is 4.98 Å². The average Bonchev–Trinajstić information content (AvgIpc) is 2.97. The second-order valence-electron chi connectivity index (χ2n) is 6.75. The van der Waals surface area contributed by atoms with Gasteiger partial charge >= 0.3 is 0 Å². The predicted molar refractivity (Wildman–Crippen MR) is 100 cm³/mol. The number of aromatic nitrogens is 1. The number of halogens is 1. The second kappa shape index (κ2) is 6.82. The number of aryl methyl sites for hydroxylation is 2. The lowest BCUT2D eigenvalue weighted by Crippen LogP contribution is -2.41. The number of carbonyl (C=O) groups is 1. The highest BCUT2D eigenvalue weighted by Crippen LogP contribution is 2.31. The van der Waals surface area contributed by atoms with Crippen molar-refractivity contribution in [3.05, 3.63) is 44.9 Å². The molecule has 0 bridgehead atoms. The summed E-state index contributed by atoms with van der Waals surface area (Å²) in [5.74, 6) is -0.339. The van der Waals surface area contributed by atoms with Gasteiger partial charge in [0.1, 0.15) is 9.75 Å². The lowest BCUT2D eigenvalue weighted by Gasteiger charge is -2.23. The van der Waals surface area contributed by atoms with Crippen molar-refractivity contribution in [2.45, 2.75) is 55.6 Å². The Kier molecular flexibility index (Phi) is 5.06. The summed E-state index contributed by atoms with van der Waals surface area (Å²) < 4.78 is 24.3. The first-order valence-electron chi connectivity index (χ1n) is 8.23. The molecule has 2 aromatic rings. The quantitative estimate of drug-likeness (QED) is 0.763. The molecular formula is C18H20ClNO3S2.